The van der Waals surface area contributed by atoms with Crippen molar-refractivity contribution in [2.24, 2.45) is 0 Å². The molecule has 0 amide bonds. The molecule has 2 nitrogen and oxygen atoms in total. The summed E-state index contributed by atoms with van der Waals surface area (Å²) in [5.74, 6) is 0. The van der Waals surface area contributed by atoms with Gasteiger partial charge in [0, 0.05) is 25.2 Å². The summed E-state index contributed by atoms with van der Waals surface area (Å²) in [5, 5.41) is 0. The summed E-state index contributed by atoms with van der Waals surface area (Å²) in [4.78, 5) is 5.31. The molecule has 0 aromatic rings. The number of hydrogen-bond donors (Lipinski definition) is 0. The lowest BCUT2D eigenvalue weighted by Gasteiger charge is -2.29. The Hall–Kier alpha value is -0.0800. The molecule has 90 valence electrons. The van der Waals surface area contributed by atoms with Gasteiger partial charge in [-0.3, -0.25) is 9.80 Å². The minimum Gasteiger partial charge on any atom is -0.300 e. The van der Waals surface area contributed by atoms with Crippen LogP contribution in [-0.4, -0.2) is 48.1 Å². The topological polar surface area (TPSA) is 6.48 Å². The molecule has 1 aliphatic rings. The van der Waals surface area contributed by atoms with E-state index in [1.807, 2.05) is 0 Å². The number of nitrogens with zero attached hydrogens (tertiary/aromatic N) is 2. The van der Waals surface area contributed by atoms with Crippen molar-refractivity contribution in [2.45, 2.75) is 59.0 Å². The molecule has 0 aromatic carbocycles. The molecule has 1 atom stereocenters. The molecule has 1 unspecified atom stereocenters. The van der Waals surface area contributed by atoms with Crippen molar-refractivity contribution in [3.63, 3.8) is 0 Å². The summed E-state index contributed by atoms with van der Waals surface area (Å²) < 4.78 is 0. The van der Waals surface area contributed by atoms with Crippen LogP contribution in [0.5, 0.6) is 0 Å². The van der Waals surface area contributed by atoms with Gasteiger partial charge in [-0.2, -0.15) is 0 Å². The molecular weight excluding hydrogens is 184 g/mol. The fraction of sp³-hybridized carbons (Fsp3) is 1.00. The molecule has 15 heavy (non-hydrogen) atoms. The summed E-state index contributed by atoms with van der Waals surface area (Å²) in [6, 6.07) is 1.64. The molecule has 0 aromatic heterocycles. The highest BCUT2D eigenvalue weighted by molar-refractivity contribution is 4.85. The third kappa shape index (κ3) is 3.18. The summed E-state index contributed by atoms with van der Waals surface area (Å²) in [6.45, 7) is 14.2. The summed E-state index contributed by atoms with van der Waals surface area (Å²) >= 11 is 0. The van der Waals surface area contributed by atoms with Crippen LogP contribution >= 0.6 is 0 Å². The predicted octanol–water partition coefficient (Wildman–Crippen LogP) is 2.59. The van der Waals surface area contributed by atoms with Gasteiger partial charge >= 0.3 is 0 Å². The Labute approximate surface area is 95.6 Å². The molecule has 1 heterocycles. The Morgan fingerprint density at radius 2 is 1.73 bits per heavy atom. The highest BCUT2D eigenvalue weighted by Crippen LogP contribution is 2.20. The zero-order chi connectivity index (χ0) is 11.3. The van der Waals surface area contributed by atoms with Crippen LogP contribution in [0.4, 0.5) is 0 Å². The Balaban J connectivity index is 2.43. The normalized spacial score (nSPS) is 23.2. The second-order valence-electron chi connectivity index (χ2n) is 4.63. The molecule has 0 saturated carbocycles. The van der Waals surface area contributed by atoms with Crippen molar-refractivity contribution < 1.29 is 0 Å². The Kier molecular flexibility index (Phi) is 5.62. The maximum absolute atomic E-state index is 2.70. The second kappa shape index (κ2) is 6.49. The van der Waals surface area contributed by atoms with E-state index in [-0.39, 0.29) is 0 Å². The molecule has 0 N–H and O–H groups in total. The van der Waals surface area contributed by atoms with E-state index in [9.17, 15) is 0 Å². The standard InChI is InChI=1S/C13H28N2/c1-5-12(6-2)15-10-9-13(11-15)14(7-3)8-4/h12-13H,5-11H2,1-4H3. The third-order valence-corrected chi connectivity index (χ3v) is 3.98. The molecule has 0 aliphatic carbocycles. The van der Waals surface area contributed by atoms with Gasteiger partial charge < -0.3 is 0 Å². The third-order valence-electron chi connectivity index (χ3n) is 3.98. The van der Waals surface area contributed by atoms with E-state index in [0.717, 1.165) is 12.1 Å². The molecule has 1 fully saturated rings. The predicted molar refractivity (Wildman–Crippen MR) is 67.3 cm³/mol. The molecular formula is C13H28N2. The molecule has 2 heteroatoms. The van der Waals surface area contributed by atoms with E-state index in [1.54, 1.807) is 0 Å². The molecule has 0 bridgehead atoms. The first-order valence-electron chi connectivity index (χ1n) is 6.74. The van der Waals surface area contributed by atoms with Crippen LogP contribution in [0.15, 0.2) is 0 Å². The molecule has 1 saturated heterocycles. The molecule has 1 aliphatic heterocycles. The van der Waals surface area contributed by atoms with E-state index in [0.29, 0.717) is 0 Å². The quantitative estimate of drug-likeness (QED) is 0.668. The zero-order valence-corrected chi connectivity index (χ0v) is 11.0. The highest BCUT2D eigenvalue weighted by Gasteiger charge is 2.28. The van der Waals surface area contributed by atoms with Crippen molar-refractivity contribution in [3.05, 3.63) is 0 Å². The van der Waals surface area contributed by atoms with Gasteiger partial charge in [0.1, 0.15) is 0 Å². The Morgan fingerprint density at radius 3 is 2.20 bits per heavy atom. The first kappa shape index (κ1) is 13.0. The van der Waals surface area contributed by atoms with Crippen LogP contribution in [0.2, 0.25) is 0 Å². The van der Waals surface area contributed by atoms with Crippen LogP contribution < -0.4 is 0 Å². The van der Waals surface area contributed by atoms with Crippen molar-refractivity contribution in [2.75, 3.05) is 26.2 Å². The maximum atomic E-state index is 2.70. The van der Waals surface area contributed by atoms with Crippen LogP contribution in [-0.2, 0) is 0 Å². The van der Waals surface area contributed by atoms with E-state index < -0.39 is 0 Å². The molecule has 1 rings (SSSR count). The van der Waals surface area contributed by atoms with E-state index in [4.69, 9.17) is 0 Å². The van der Waals surface area contributed by atoms with Gasteiger partial charge in [-0.1, -0.05) is 27.7 Å². The van der Waals surface area contributed by atoms with E-state index in [1.165, 1.54) is 45.4 Å². The van der Waals surface area contributed by atoms with Crippen LogP contribution in [0, 0.1) is 0 Å². The first-order valence-corrected chi connectivity index (χ1v) is 6.74. The SMILES string of the molecule is CCC(CC)N1CCC(N(CC)CC)C1. The van der Waals surface area contributed by atoms with Crippen molar-refractivity contribution in [1.29, 1.82) is 0 Å². The van der Waals surface area contributed by atoms with Gasteiger partial charge in [0.25, 0.3) is 0 Å². The summed E-state index contributed by atoms with van der Waals surface area (Å²) in [5.41, 5.74) is 0. The van der Waals surface area contributed by atoms with Crippen LogP contribution in [0.3, 0.4) is 0 Å². The fourth-order valence-corrected chi connectivity index (χ4v) is 2.94. The summed E-state index contributed by atoms with van der Waals surface area (Å²) in [7, 11) is 0. The van der Waals surface area contributed by atoms with Gasteiger partial charge in [0.05, 0.1) is 0 Å². The maximum Gasteiger partial charge on any atom is 0.0235 e. The lowest BCUT2D eigenvalue weighted by atomic mass is 10.1. The number of likely N-dealkylation sites (tertiary alicyclic amines) is 1. The van der Waals surface area contributed by atoms with Crippen LogP contribution in [0.1, 0.15) is 47.0 Å². The van der Waals surface area contributed by atoms with Gasteiger partial charge in [-0.05, 0) is 32.4 Å². The molecule has 0 radical (unpaired) electrons. The van der Waals surface area contributed by atoms with Gasteiger partial charge in [-0.25, -0.2) is 0 Å². The summed E-state index contributed by atoms with van der Waals surface area (Å²) in [6.07, 6.45) is 3.99. The van der Waals surface area contributed by atoms with Crippen LogP contribution in [0.25, 0.3) is 0 Å². The number of likely N-dealkylation sites (N-methyl/N-ethyl adjacent to an activating group) is 1. The van der Waals surface area contributed by atoms with Crippen molar-refractivity contribution in [3.8, 4) is 0 Å². The Morgan fingerprint density at radius 1 is 1.13 bits per heavy atom. The van der Waals surface area contributed by atoms with Gasteiger partial charge in [0.2, 0.25) is 0 Å². The molecule has 0 spiro atoms. The highest BCUT2D eigenvalue weighted by atomic mass is 15.3. The minimum atomic E-state index is 0.820. The number of hydrogen-bond acceptors (Lipinski definition) is 2. The largest absolute Gasteiger partial charge is 0.300 e. The average Bonchev–Trinajstić information content (AvgIpc) is 2.71. The average molecular weight is 212 g/mol. The fourth-order valence-electron chi connectivity index (χ4n) is 2.94. The van der Waals surface area contributed by atoms with Gasteiger partial charge in [0.15, 0.2) is 0 Å². The smallest absolute Gasteiger partial charge is 0.0235 e. The minimum absolute atomic E-state index is 0.820. The lowest BCUT2D eigenvalue weighted by molar-refractivity contribution is 0.182. The lowest BCUT2D eigenvalue weighted by Crippen LogP contribution is -2.39. The first-order chi connectivity index (χ1) is 7.26. The van der Waals surface area contributed by atoms with Gasteiger partial charge in [-0.15, -0.1) is 0 Å². The van der Waals surface area contributed by atoms with Crippen molar-refractivity contribution >= 4 is 0 Å². The monoisotopic (exact) mass is 212 g/mol. The zero-order valence-electron chi connectivity index (χ0n) is 11.0. The Bertz CT molecular complexity index is 144. The number of rotatable bonds is 6. The van der Waals surface area contributed by atoms with E-state index >= 15 is 0 Å². The second-order valence-corrected chi connectivity index (χ2v) is 4.63. The van der Waals surface area contributed by atoms with E-state index in [2.05, 4.69) is 37.5 Å². The van der Waals surface area contributed by atoms with Crippen molar-refractivity contribution in [1.82, 2.24) is 9.80 Å².